The van der Waals surface area contributed by atoms with E-state index in [0.29, 0.717) is 0 Å². The summed E-state index contributed by atoms with van der Waals surface area (Å²) in [5.74, 6) is 1.60. The molecule has 1 fully saturated rings. The van der Waals surface area contributed by atoms with Crippen LogP contribution in [0.5, 0.6) is 0 Å². The number of piperidine rings is 1. The van der Waals surface area contributed by atoms with Gasteiger partial charge in [0.15, 0.2) is 0 Å². The number of hydrogen-bond donors (Lipinski definition) is 0. The quantitative estimate of drug-likeness (QED) is 0.616. The first-order valence-corrected chi connectivity index (χ1v) is 4.68. The molecule has 0 N–H and O–H groups in total. The van der Waals surface area contributed by atoms with Gasteiger partial charge >= 0.3 is 0 Å². The van der Waals surface area contributed by atoms with Gasteiger partial charge in [-0.1, -0.05) is 6.92 Å². The van der Waals surface area contributed by atoms with E-state index in [-0.39, 0.29) is 12.4 Å². The molecule has 1 saturated heterocycles. The second-order valence-corrected chi connectivity index (χ2v) is 3.36. The molecule has 1 heterocycles. The lowest BCUT2D eigenvalue weighted by Crippen LogP contribution is -2.35. The average molecular weight is 198 g/mol. The minimum atomic E-state index is 0. The summed E-state index contributed by atoms with van der Waals surface area (Å²) in [5.41, 5.74) is 0. The number of halogens is 2. The van der Waals surface area contributed by atoms with Crippen molar-refractivity contribution in [3.8, 4) is 0 Å². The van der Waals surface area contributed by atoms with E-state index in [1.165, 1.54) is 32.5 Å². The Bertz CT molecular complexity index is 88.1. The first-order chi connectivity index (χ1) is 4.86. The smallest absolute Gasteiger partial charge is 0.0263 e. The maximum Gasteiger partial charge on any atom is 0.0263 e. The predicted octanol–water partition coefficient (Wildman–Crippen LogP) is 2.38. The van der Waals surface area contributed by atoms with Gasteiger partial charge in [0.25, 0.3) is 0 Å². The lowest BCUT2D eigenvalue weighted by atomic mass is 10.0. The van der Waals surface area contributed by atoms with E-state index in [0.717, 1.165) is 11.8 Å². The topological polar surface area (TPSA) is 3.24 Å². The molecule has 68 valence electrons. The highest BCUT2D eigenvalue weighted by Crippen LogP contribution is 2.16. The SMILES string of the molecule is CCN1CCCC(CCl)C1.Cl. The van der Waals surface area contributed by atoms with E-state index in [9.17, 15) is 0 Å². The monoisotopic (exact) mass is 197 g/mol. The Hall–Kier alpha value is 0.540. The normalized spacial score (nSPS) is 26.2. The Morgan fingerprint density at radius 3 is 2.82 bits per heavy atom. The minimum absolute atomic E-state index is 0. The molecule has 11 heavy (non-hydrogen) atoms. The third kappa shape index (κ3) is 3.64. The van der Waals surface area contributed by atoms with Crippen molar-refractivity contribution in [1.29, 1.82) is 0 Å². The molecule has 0 aromatic heterocycles. The molecular formula is C8H17Cl2N. The predicted molar refractivity (Wildman–Crippen MR) is 52.8 cm³/mol. The van der Waals surface area contributed by atoms with Gasteiger partial charge < -0.3 is 4.90 Å². The number of rotatable bonds is 2. The summed E-state index contributed by atoms with van der Waals surface area (Å²) in [7, 11) is 0. The van der Waals surface area contributed by atoms with Gasteiger partial charge in [-0.15, -0.1) is 24.0 Å². The summed E-state index contributed by atoms with van der Waals surface area (Å²) in [6.45, 7) is 5.91. The van der Waals surface area contributed by atoms with Gasteiger partial charge in [-0.05, 0) is 31.8 Å². The molecule has 1 rings (SSSR count). The summed E-state index contributed by atoms with van der Waals surface area (Å²) in [5, 5.41) is 0. The minimum Gasteiger partial charge on any atom is -0.303 e. The van der Waals surface area contributed by atoms with Crippen LogP contribution in [-0.2, 0) is 0 Å². The summed E-state index contributed by atoms with van der Waals surface area (Å²) >= 11 is 5.78. The molecular weight excluding hydrogens is 181 g/mol. The highest BCUT2D eigenvalue weighted by Gasteiger charge is 2.16. The van der Waals surface area contributed by atoms with Crippen LogP contribution in [-0.4, -0.2) is 30.4 Å². The van der Waals surface area contributed by atoms with Crippen LogP contribution < -0.4 is 0 Å². The Labute approximate surface area is 80.5 Å². The molecule has 3 heteroatoms. The van der Waals surface area contributed by atoms with Crippen LogP contribution in [0.15, 0.2) is 0 Å². The highest BCUT2D eigenvalue weighted by molar-refractivity contribution is 6.18. The highest BCUT2D eigenvalue weighted by atomic mass is 35.5. The molecule has 0 aromatic carbocycles. The van der Waals surface area contributed by atoms with Crippen molar-refractivity contribution in [3.05, 3.63) is 0 Å². The third-order valence-electron chi connectivity index (χ3n) is 2.27. The van der Waals surface area contributed by atoms with E-state index in [2.05, 4.69) is 11.8 Å². The standard InChI is InChI=1S/C8H16ClN.ClH/c1-2-10-5-3-4-8(6-9)7-10;/h8H,2-7H2,1H3;1H. The zero-order chi connectivity index (χ0) is 7.40. The second-order valence-electron chi connectivity index (χ2n) is 3.06. The Balaban J connectivity index is 0.000001000. The van der Waals surface area contributed by atoms with Crippen molar-refractivity contribution in [2.75, 3.05) is 25.5 Å². The van der Waals surface area contributed by atoms with Gasteiger partial charge in [-0.2, -0.15) is 0 Å². The number of likely N-dealkylation sites (tertiary alicyclic amines) is 1. The number of nitrogens with zero attached hydrogens (tertiary/aromatic N) is 1. The molecule has 0 radical (unpaired) electrons. The van der Waals surface area contributed by atoms with Crippen LogP contribution in [0.25, 0.3) is 0 Å². The molecule has 0 saturated carbocycles. The largest absolute Gasteiger partial charge is 0.303 e. The molecule has 1 atom stereocenters. The summed E-state index contributed by atoms with van der Waals surface area (Å²) in [6, 6.07) is 0. The van der Waals surface area contributed by atoms with E-state index in [1.54, 1.807) is 0 Å². The summed E-state index contributed by atoms with van der Waals surface area (Å²) in [4.78, 5) is 2.48. The maximum atomic E-state index is 5.78. The molecule has 0 spiro atoms. The van der Waals surface area contributed by atoms with E-state index >= 15 is 0 Å². The van der Waals surface area contributed by atoms with Gasteiger partial charge in [0.2, 0.25) is 0 Å². The van der Waals surface area contributed by atoms with Crippen LogP contribution in [0, 0.1) is 5.92 Å². The van der Waals surface area contributed by atoms with Gasteiger partial charge in [-0.25, -0.2) is 0 Å². The van der Waals surface area contributed by atoms with Crippen LogP contribution in [0.2, 0.25) is 0 Å². The van der Waals surface area contributed by atoms with Gasteiger partial charge in [0.1, 0.15) is 0 Å². The summed E-state index contributed by atoms with van der Waals surface area (Å²) < 4.78 is 0. The fraction of sp³-hybridized carbons (Fsp3) is 1.00. The van der Waals surface area contributed by atoms with Crippen molar-refractivity contribution in [3.63, 3.8) is 0 Å². The average Bonchev–Trinajstić information content (AvgIpc) is 2.05. The molecule has 1 aliphatic rings. The second kappa shape index (κ2) is 6.10. The van der Waals surface area contributed by atoms with Crippen LogP contribution in [0.4, 0.5) is 0 Å². The van der Waals surface area contributed by atoms with E-state index in [4.69, 9.17) is 11.6 Å². The molecule has 1 aliphatic heterocycles. The van der Waals surface area contributed by atoms with E-state index in [1.807, 2.05) is 0 Å². The molecule has 0 aliphatic carbocycles. The number of alkyl halides is 1. The van der Waals surface area contributed by atoms with Crippen LogP contribution >= 0.6 is 24.0 Å². The van der Waals surface area contributed by atoms with E-state index < -0.39 is 0 Å². The van der Waals surface area contributed by atoms with Crippen molar-refractivity contribution in [1.82, 2.24) is 4.90 Å². The fourth-order valence-corrected chi connectivity index (χ4v) is 1.82. The van der Waals surface area contributed by atoms with Gasteiger partial charge in [0, 0.05) is 12.4 Å². The molecule has 1 unspecified atom stereocenters. The van der Waals surface area contributed by atoms with Crippen molar-refractivity contribution in [2.45, 2.75) is 19.8 Å². The van der Waals surface area contributed by atoms with Crippen LogP contribution in [0.3, 0.4) is 0 Å². The molecule has 0 aromatic rings. The van der Waals surface area contributed by atoms with Gasteiger partial charge in [0.05, 0.1) is 0 Å². The lowest BCUT2D eigenvalue weighted by Gasteiger charge is -2.30. The third-order valence-corrected chi connectivity index (χ3v) is 2.70. The Morgan fingerprint density at radius 2 is 2.27 bits per heavy atom. The maximum absolute atomic E-state index is 5.78. The molecule has 0 bridgehead atoms. The van der Waals surface area contributed by atoms with Crippen molar-refractivity contribution >= 4 is 24.0 Å². The Morgan fingerprint density at radius 1 is 1.55 bits per heavy atom. The lowest BCUT2D eigenvalue weighted by molar-refractivity contribution is 0.194. The zero-order valence-electron chi connectivity index (χ0n) is 7.05. The molecule has 0 amide bonds. The van der Waals surface area contributed by atoms with Crippen molar-refractivity contribution in [2.24, 2.45) is 5.92 Å². The first kappa shape index (κ1) is 11.5. The number of hydrogen-bond acceptors (Lipinski definition) is 1. The summed E-state index contributed by atoms with van der Waals surface area (Å²) in [6.07, 6.45) is 2.67. The van der Waals surface area contributed by atoms with Crippen LogP contribution in [0.1, 0.15) is 19.8 Å². The zero-order valence-corrected chi connectivity index (χ0v) is 8.63. The molecule has 1 nitrogen and oxygen atoms in total. The fourth-order valence-electron chi connectivity index (χ4n) is 1.56. The van der Waals surface area contributed by atoms with Gasteiger partial charge in [-0.3, -0.25) is 0 Å². The Kier molecular flexibility index (Phi) is 6.40. The van der Waals surface area contributed by atoms with Crippen molar-refractivity contribution < 1.29 is 0 Å². The first-order valence-electron chi connectivity index (χ1n) is 4.15.